The molecular weight excluding hydrogens is 127 g/mol. The van der Waals surface area contributed by atoms with Gasteiger partial charge in [0.05, 0.1) is 0 Å². The first-order valence-corrected chi connectivity index (χ1v) is 4.11. The van der Waals surface area contributed by atoms with E-state index >= 15 is 0 Å². The molecule has 0 rings (SSSR count). The van der Waals surface area contributed by atoms with Crippen molar-refractivity contribution in [3.05, 3.63) is 12.2 Å². The molecule has 0 spiro atoms. The molecule has 0 amide bonds. The molecule has 0 aliphatic heterocycles. The SMILES string of the molecule is C=C(C)C(P)CC(C)C. The van der Waals surface area contributed by atoms with Crippen LogP contribution in [-0.2, 0) is 0 Å². The molecule has 0 saturated heterocycles. The Morgan fingerprint density at radius 2 is 2.00 bits per heavy atom. The summed E-state index contributed by atoms with van der Waals surface area (Å²) >= 11 is 0. The Labute approximate surface area is 60.9 Å². The third kappa shape index (κ3) is 4.66. The second-order valence-corrected chi connectivity index (χ2v) is 3.89. The molecule has 0 aliphatic rings. The average Bonchev–Trinajstić information content (AvgIpc) is 1.63. The van der Waals surface area contributed by atoms with E-state index in [0.717, 1.165) is 5.92 Å². The van der Waals surface area contributed by atoms with Crippen molar-refractivity contribution in [2.75, 3.05) is 0 Å². The summed E-state index contributed by atoms with van der Waals surface area (Å²) in [6, 6.07) is 0. The molecule has 2 atom stereocenters. The van der Waals surface area contributed by atoms with Gasteiger partial charge in [-0.3, -0.25) is 0 Å². The molecule has 0 aliphatic carbocycles. The highest BCUT2D eigenvalue weighted by Gasteiger charge is 2.03. The van der Waals surface area contributed by atoms with E-state index < -0.39 is 0 Å². The topological polar surface area (TPSA) is 0 Å². The lowest BCUT2D eigenvalue weighted by atomic mass is 10.0. The van der Waals surface area contributed by atoms with Crippen LogP contribution in [0.15, 0.2) is 12.2 Å². The van der Waals surface area contributed by atoms with E-state index in [1.807, 2.05) is 0 Å². The third-order valence-electron chi connectivity index (χ3n) is 1.36. The van der Waals surface area contributed by atoms with Crippen LogP contribution in [-0.4, -0.2) is 5.66 Å². The van der Waals surface area contributed by atoms with Crippen LogP contribution in [0.4, 0.5) is 0 Å². The van der Waals surface area contributed by atoms with Crippen LogP contribution >= 0.6 is 9.24 Å². The molecule has 0 fully saturated rings. The van der Waals surface area contributed by atoms with Crippen LogP contribution in [0, 0.1) is 5.92 Å². The summed E-state index contributed by atoms with van der Waals surface area (Å²) in [6.07, 6.45) is 1.24. The second-order valence-electron chi connectivity index (χ2n) is 3.08. The van der Waals surface area contributed by atoms with Crippen molar-refractivity contribution in [1.82, 2.24) is 0 Å². The van der Waals surface area contributed by atoms with Gasteiger partial charge in [-0.05, 0) is 24.9 Å². The fraction of sp³-hybridized carbons (Fsp3) is 0.750. The number of hydrogen-bond acceptors (Lipinski definition) is 0. The molecular formula is C8H17P. The molecule has 9 heavy (non-hydrogen) atoms. The molecule has 0 radical (unpaired) electrons. The van der Waals surface area contributed by atoms with E-state index in [1.165, 1.54) is 12.0 Å². The van der Waals surface area contributed by atoms with Crippen molar-refractivity contribution in [3.63, 3.8) is 0 Å². The predicted octanol–water partition coefficient (Wildman–Crippen LogP) is 2.85. The second kappa shape index (κ2) is 4.06. The smallest absolute Gasteiger partial charge is 0.00586 e. The highest BCUT2D eigenvalue weighted by Crippen LogP contribution is 2.18. The summed E-state index contributed by atoms with van der Waals surface area (Å²) in [7, 11) is 2.82. The lowest BCUT2D eigenvalue weighted by Crippen LogP contribution is -2.02. The fourth-order valence-electron chi connectivity index (χ4n) is 0.709. The van der Waals surface area contributed by atoms with Crippen LogP contribution < -0.4 is 0 Å². The van der Waals surface area contributed by atoms with Crippen LogP contribution in [0.1, 0.15) is 27.2 Å². The lowest BCUT2D eigenvalue weighted by Gasteiger charge is -2.12. The molecule has 0 aromatic carbocycles. The third-order valence-corrected chi connectivity index (χ3v) is 2.20. The summed E-state index contributed by atoms with van der Waals surface area (Å²) < 4.78 is 0. The minimum Gasteiger partial charge on any atom is -0.130 e. The van der Waals surface area contributed by atoms with Gasteiger partial charge in [0.2, 0.25) is 0 Å². The highest BCUT2D eigenvalue weighted by atomic mass is 31.0. The monoisotopic (exact) mass is 144 g/mol. The summed E-state index contributed by atoms with van der Waals surface area (Å²) in [5, 5.41) is 0. The molecule has 0 N–H and O–H groups in total. The van der Waals surface area contributed by atoms with E-state index in [4.69, 9.17) is 0 Å². The van der Waals surface area contributed by atoms with Gasteiger partial charge >= 0.3 is 0 Å². The summed E-state index contributed by atoms with van der Waals surface area (Å²) in [6.45, 7) is 10.4. The first kappa shape index (κ1) is 9.17. The predicted molar refractivity (Wildman–Crippen MR) is 47.8 cm³/mol. The summed E-state index contributed by atoms with van der Waals surface area (Å²) in [5.41, 5.74) is 1.89. The van der Waals surface area contributed by atoms with Crippen molar-refractivity contribution in [3.8, 4) is 0 Å². The van der Waals surface area contributed by atoms with Crippen molar-refractivity contribution >= 4 is 9.24 Å². The van der Waals surface area contributed by atoms with Crippen LogP contribution in [0.2, 0.25) is 0 Å². The van der Waals surface area contributed by atoms with Gasteiger partial charge in [-0.2, -0.15) is 0 Å². The van der Waals surface area contributed by atoms with Crippen molar-refractivity contribution < 1.29 is 0 Å². The maximum Gasteiger partial charge on any atom is -0.00586 e. The largest absolute Gasteiger partial charge is 0.130 e. The molecule has 0 bridgehead atoms. The van der Waals surface area contributed by atoms with Gasteiger partial charge in [0.25, 0.3) is 0 Å². The van der Waals surface area contributed by atoms with Gasteiger partial charge in [-0.1, -0.05) is 26.0 Å². The summed E-state index contributed by atoms with van der Waals surface area (Å²) in [4.78, 5) is 0. The van der Waals surface area contributed by atoms with Gasteiger partial charge < -0.3 is 0 Å². The Balaban J connectivity index is 3.50. The van der Waals surface area contributed by atoms with Gasteiger partial charge in [0, 0.05) is 0 Å². The zero-order valence-corrected chi connectivity index (χ0v) is 7.80. The zero-order valence-electron chi connectivity index (χ0n) is 6.65. The Bertz CT molecular complexity index is 94.7. The van der Waals surface area contributed by atoms with Crippen LogP contribution in [0.3, 0.4) is 0 Å². The van der Waals surface area contributed by atoms with E-state index in [2.05, 4.69) is 36.6 Å². The van der Waals surface area contributed by atoms with Crippen molar-refractivity contribution in [1.29, 1.82) is 0 Å². The van der Waals surface area contributed by atoms with E-state index in [1.54, 1.807) is 0 Å². The van der Waals surface area contributed by atoms with Gasteiger partial charge in [0.1, 0.15) is 0 Å². The Morgan fingerprint density at radius 3 is 2.11 bits per heavy atom. The highest BCUT2D eigenvalue weighted by molar-refractivity contribution is 7.18. The molecule has 2 unspecified atom stereocenters. The van der Waals surface area contributed by atoms with Gasteiger partial charge in [0.15, 0.2) is 0 Å². The summed E-state index contributed by atoms with van der Waals surface area (Å²) in [5.74, 6) is 0.782. The molecule has 1 heteroatoms. The normalized spacial score (nSPS) is 13.9. The standard InChI is InChI=1S/C8H17P/c1-6(2)5-8(9)7(3)4/h6,8H,3,5,9H2,1-2,4H3. The molecule has 0 aromatic heterocycles. The lowest BCUT2D eigenvalue weighted by molar-refractivity contribution is 0.593. The Morgan fingerprint density at radius 1 is 1.56 bits per heavy atom. The molecule has 0 aromatic rings. The maximum absolute atomic E-state index is 3.89. The van der Waals surface area contributed by atoms with Crippen molar-refractivity contribution in [2.24, 2.45) is 5.92 Å². The van der Waals surface area contributed by atoms with Crippen LogP contribution in [0.25, 0.3) is 0 Å². The Kier molecular flexibility index (Phi) is 4.14. The maximum atomic E-state index is 3.89. The first-order valence-electron chi connectivity index (χ1n) is 3.45. The Hall–Kier alpha value is 0.170. The molecule has 0 nitrogen and oxygen atoms in total. The fourth-order valence-corrected chi connectivity index (χ4v) is 1.25. The average molecular weight is 144 g/mol. The van der Waals surface area contributed by atoms with E-state index in [-0.39, 0.29) is 0 Å². The molecule has 0 heterocycles. The number of hydrogen-bond donors (Lipinski definition) is 0. The zero-order chi connectivity index (χ0) is 7.44. The number of allylic oxidation sites excluding steroid dienone is 1. The minimum absolute atomic E-state index is 0.616. The molecule has 0 saturated carbocycles. The van der Waals surface area contributed by atoms with E-state index in [0.29, 0.717) is 5.66 Å². The molecule has 54 valence electrons. The van der Waals surface area contributed by atoms with Crippen molar-refractivity contribution in [2.45, 2.75) is 32.9 Å². The van der Waals surface area contributed by atoms with Gasteiger partial charge in [-0.25, -0.2) is 0 Å². The minimum atomic E-state index is 0.616. The quantitative estimate of drug-likeness (QED) is 0.422. The number of rotatable bonds is 3. The van der Waals surface area contributed by atoms with E-state index in [9.17, 15) is 0 Å². The van der Waals surface area contributed by atoms with Gasteiger partial charge in [-0.15, -0.1) is 9.24 Å². The van der Waals surface area contributed by atoms with Crippen LogP contribution in [0.5, 0.6) is 0 Å². The first-order chi connectivity index (χ1) is 4.04.